The van der Waals surface area contributed by atoms with E-state index in [9.17, 15) is 14.4 Å². The molecule has 1 N–H and O–H groups in total. The number of nitrogens with one attached hydrogen (secondary N) is 1. The molecule has 0 aliphatic carbocycles. The van der Waals surface area contributed by atoms with Crippen LogP contribution in [0.25, 0.3) is 0 Å². The average molecular weight is 260 g/mol. The van der Waals surface area contributed by atoms with Gasteiger partial charge in [0.05, 0.1) is 19.2 Å². The zero-order valence-corrected chi connectivity index (χ0v) is 10.3. The van der Waals surface area contributed by atoms with Crippen LogP contribution in [0.15, 0.2) is 46.1 Å². The van der Waals surface area contributed by atoms with Gasteiger partial charge in [0, 0.05) is 12.3 Å². The number of Topliss-reactive ketones (excluding diaryl/α,β-unsaturated/α-hetero) is 1. The van der Waals surface area contributed by atoms with Crippen LogP contribution in [0.2, 0.25) is 0 Å². The molecular formula is C13H12N2O4. The zero-order chi connectivity index (χ0) is 13.8. The molecule has 0 unspecified atom stereocenters. The summed E-state index contributed by atoms with van der Waals surface area (Å²) in [6.45, 7) is -0.157. The first-order valence-electron chi connectivity index (χ1n) is 5.58. The standard InChI is InChI=1S/C13H12N2O4/c1-19-11-5-3-2-4-9(11)10(16)8-15-7-6-12(17)14-13(15)18/h2-7H,8H2,1H3,(H,14,17,18). The topological polar surface area (TPSA) is 81.2 Å². The van der Waals surface area contributed by atoms with Gasteiger partial charge in [-0.05, 0) is 12.1 Å². The first-order chi connectivity index (χ1) is 9.11. The number of aromatic amines is 1. The maximum absolute atomic E-state index is 12.1. The minimum Gasteiger partial charge on any atom is -0.496 e. The molecule has 0 amide bonds. The van der Waals surface area contributed by atoms with Gasteiger partial charge in [-0.1, -0.05) is 12.1 Å². The summed E-state index contributed by atoms with van der Waals surface area (Å²) in [6.07, 6.45) is 1.29. The third-order valence-electron chi connectivity index (χ3n) is 2.62. The van der Waals surface area contributed by atoms with Gasteiger partial charge in [0.2, 0.25) is 0 Å². The van der Waals surface area contributed by atoms with Gasteiger partial charge in [0.25, 0.3) is 5.56 Å². The van der Waals surface area contributed by atoms with Gasteiger partial charge in [-0.3, -0.25) is 19.1 Å². The number of rotatable bonds is 4. The quantitative estimate of drug-likeness (QED) is 0.808. The number of nitrogens with zero attached hydrogens (tertiary/aromatic N) is 1. The van der Waals surface area contributed by atoms with Crippen molar-refractivity contribution >= 4 is 5.78 Å². The van der Waals surface area contributed by atoms with Gasteiger partial charge < -0.3 is 4.74 Å². The van der Waals surface area contributed by atoms with E-state index in [4.69, 9.17) is 4.74 Å². The van der Waals surface area contributed by atoms with E-state index in [1.807, 2.05) is 0 Å². The van der Waals surface area contributed by atoms with Crippen LogP contribution >= 0.6 is 0 Å². The second kappa shape index (κ2) is 5.34. The van der Waals surface area contributed by atoms with Gasteiger partial charge in [-0.25, -0.2) is 4.79 Å². The average Bonchev–Trinajstić information content (AvgIpc) is 2.41. The van der Waals surface area contributed by atoms with Crippen molar-refractivity contribution in [1.82, 2.24) is 9.55 Å². The van der Waals surface area contributed by atoms with Crippen LogP contribution in [-0.2, 0) is 6.54 Å². The predicted molar refractivity (Wildman–Crippen MR) is 68.6 cm³/mol. The number of ether oxygens (including phenoxy) is 1. The molecule has 0 spiro atoms. The van der Waals surface area contributed by atoms with Crippen LogP contribution in [0.5, 0.6) is 5.75 Å². The zero-order valence-electron chi connectivity index (χ0n) is 10.3. The highest BCUT2D eigenvalue weighted by atomic mass is 16.5. The van der Waals surface area contributed by atoms with Crippen molar-refractivity contribution in [3.8, 4) is 5.75 Å². The van der Waals surface area contributed by atoms with Gasteiger partial charge >= 0.3 is 5.69 Å². The second-order valence-electron chi connectivity index (χ2n) is 3.86. The Kier molecular flexibility index (Phi) is 3.61. The molecule has 0 radical (unpaired) electrons. The molecule has 1 aromatic heterocycles. The van der Waals surface area contributed by atoms with Crippen molar-refractivity contribution in [2.24, 2.45) is 0 Å². The molecule has 2 rings (SSSR count). The molecule has 0 fully saturated rings. The van der Waals surface area contributed by atoms with Gasteiger partial charge in [0.15, 0.2) is 5.78 Å². The van der Waals surface area contributed by atoms with Crippen LogP contribution in [-0.4, -0.2) is 22.4 Å². The number of benzene rings is 1. The van der Waals surface area contributed by atoms with E-state index in [0.29, 0.717) is 11.3 Å². The van der Waals surface area contributed by atoms with Crippen LogP contribution in [0.4, 0.5) is 0 Å². The van der Waals surface area contributed by atoms with Crippen LogP contribution in [0, 0.1) is 0 Å². The van der Waals surface area contributed by atoms with E-state index >= 15 is 0 Å². The lowest BCUT2D eigenvalue weighted by Gasteiger charge is -2.08. The molecule has 6 heteroatoms. The number of aromatic nitrogens is 2. The minimum atomic E-state index is -0.615. The number of carbonyl (C=O) groups is 1. The third-order valence-corrected chi connectivity index (χ3v) is 2.62. The molecule has 6 nitrogen and oxygen atoms in total. The van der Waals surface area contributed by atoms with E-state index in [0.717, 1.165) is 4.57 Å². The lowest BCUT2D eigenvalue weighted by Crippen LogP contribution is -2.30. The highest BCUT2D eigenvalue weighted by molar-refractivity contribution is 5.98. The van der Waals surface area contributed by atoms with Crippen molar-refractivity contribution in [2.75, 3.05) is 7.11 Å². The number of para-hydroxylation sites is 1. The Labute approximate surface area is 108 Å². The Balaban J connectivity index is 2.31. The summed E-state index contributed by atoms with van der Waals surface area (Å²) in [4.78, 5) is 36.6. The Morgan fingerprint density at radius 3 is 2.68 bits per heavy atom. The van der Waals surface area contributed by atoms with Gasteiger partial charge in [-0.15, -0.1) is 0 Å². The largest absolute Gasteiger partial charge is 0.496 e. The fraction of sp³-hybridized carbons (Fsp3) is 0.154. The Morgan fingerprint density at radius 1 is 1.26 bits per heavy atom. The number of methoxy groups -OCH3 is 1. The molecule has 0 saturated carbocycles. The summed E-state index contributed by atoms with van der Waals surface area (Å²) < 4.78 is 6.22. The van der Waals surface area contributed by atoms with Crippen molar-refractivity contribution in [3.05, 3.63) is 62.9 Å². The van der Waals surface area contributed by atoms with Crippen molar-refractivity contribution in [3.63, 3.8) is 0 Å². The maximum Gasteiger partial charge on any atom is 0.328 e. The molecular weight excluding hydrogens is 248 g/mol. The SMILES string of the molecule is COc1ccccc1C(=O)Cn1ccc(=O)[nH]c1=O. The first kappa shape index (κ1) is 12.8. The van der Waals surface area contributed by atoms with E-state index in [1.165, 1.54) is 19.4 Å². The van der Waals surface area contributed by atoms with Crippen molar-refractivity contribution in [2.45, 2.75) is 6.54 Å². The maximum atomic E-state index is 12.1. The van der Waals surface area contributed by atoms with Crippen molar-refractivity contribution in [1.29, 1.82) is 0 Å². The number of H-pyrrole nitrogens is 1. The third kappa shape index (κ3) is 2.79. The monoisotopic (exact) mass is 260 g/mol. The summed E-state index contributed by atoms with van der Waals surface area (Å²) in [5.74, 6) is 0.177. The highest BCUT2D eigenvalue weighted by Crippen LogP contribution is 2.17. The second-order valence-corrected chi connectivity index (χ2v) is 3.86. The summed E-state index contributed by atoms with van der Waals surface area (Å²) in [5, 5.41) is 0. The predicted octanol–water partition coefficient (Wildman–Crippen LogP) is 0.428. The fourth-order valence-corrected chi connectivity index (χ4v) is 1.68. The summed E-state index contributed by atoms with van der Waals surface area (Å²) in [7, 11) is 1.47. The van der Waals surface area contributed by atoms with Gasteiger partial charge in [0.1, 0.15) is 5.75 Å². The minimum absolute atomic E-state index is 0.157. The smallest absolute Gasteiger partial charge is 0.328 e. The summed E-state index contributed by atoms with van der Waals surface area (Å²) >= 11 is 0. The van der Waals surface area contributed by atoms with Crippen LogP contribution in [0.1, 0.15) is 10.4 Å². The molecule has 0 atom stereocenters. The normalized spacial score (nSPS) is 10.2. The van der Waals surface area contributed by atoms with E-state index < -0.39 is 11.2 Å². The molecule has 0 aliphatic rings. The number of ketones is 1. The lowest BCUT2D eigenvalue weighted by atomic mass is 10.1. The molecule has 0 saturated heterocycles. The summed E-state index contributed by atoms with van der Waals surface area (Å²) in [6, 6.07) is 7.95. The molecule has 2 aromatic rings. The Bertz CT molecular complexity index is 715. The molecule has 19 heavy (non-hydrogen) atoms. The number of carbonyl (C=O) groups excluding carboxylic acids is 1. The van der Waals surface area contributed by atoms with Crippen LogP contribution < -0.4 is 16.0 Å². The van der Waals surface area contributed by atoms with Gasteiger partial charge in [-0.2, -0.15) is 0 Å². The van der Waals surface area contributed by atoms with Crippen LogP contribution in [0.3, 0.4) is 0 Å². The lowest BCUT2D eigenvalue weighted by molar-refractivity contribution is 0.0967. The van der Waals surface area contributed by atoms with Crippen molar-refractivity contribution < 1.29 is 9.53 Å². The Hall–Kier alpha value is -2.63. The molecule has 0 aliphatic heterocycles. The van der Waals surface area contributed by atoms with E-state index in [2.05, 4.69) is 4.98 Å². The molecule has 0 bridgehead atoms. The highest BCUT2D eigenvalue weighted by Gasteiger charge is 2.12. The van der Waals surface area contributed by atoms with E-state index in [-0.39, 0.29) is 12.3 Å². The fourth-order valence-electron chi connectivity index (χ4n) is 1.68. The first-order valence-corrected chi connectivity index (χ1v) is 5.58. The van der Waals surface area contributed by atoms with E-state index in [1.54, 1.807) is 24.3 Å². The molecule has 1 heterocycles. The summed E-state index contributed by atoms with van der Waals surface area (Å²) in [5.41, 5.74) is -0.718. The Morgan fingerprint density at radius 2 is 2.00 bits per heavy atom. The molecule has 98 valence electrons. The number of hydrogen-bond acceptors (Lipinski definition) is 4. The number of hydrogen-bond donors (Lipinski definition) is 1. The molecule has 1 aromatic carbocycles.